The van der Waals surface area contributed by atoms with E-state index in [0.717, 1.165) is 11.3 Å². The molecule has 0 amide bonds. The predicted molar refractivity (Wildman–Crippen MR) is 82.5 cm³/mol. The highest BCUT2D eigenvalue weighted by atomic mass is 32.2. The molecule has 0 heterocycles. The topological polar surface area (TPSA) is 26.3 Å². The van der Waals surface area contributed by atoms with Gasteiger partial charge in [0.1, 0.15) is 5.75 Å². The van der Waals surface area contributed by atoms with E-state index in [1.54, 1.807) is 36.7 Å². The average molecular weight is 282 g/mol. The lowest BCUT2D eigenvalue weighted by Gasteiger charge is -2.07. The van der Waals surface area contributed by atoms with Crippen LogP contribution in [0.25, 0.3) is 6.08 Å². The summed E-state index contributed by atoms with van der Waals surface area (Å²) >= 11 is 3.43. The maximum Gasteiger partial charge on any atom is 0.157 e. The van der Waals surface area contributed by atoms with Gasteiger partial charge in [0.15, 0.2) is 5.78 Å². The quantitative estimate of drug-likeness (QED) is 0.562. The molecule has 0 radical (unpaired) electrons. The van der Waals surface area contributed by atoms with Crippen LogP contribution >= 0.6 is 23.5 Å². The normalized spacial score (nSPS) is 11.1. The van der Waals surface area contributed by atoms with Gasteiger partial charge < -0.3 is 4.74 Å². The van der Waals surface area contributed by atoms with Crippen LogP contribution in [0.1, 0.15) is 12.0 Å². The molecule has 0 unspecified atom stereocenters. The molecule has 4 heteroatoms. The Bertz CT molecular complexity index is 395. The highest BCUT2D eigenvalue weighted by molar-refractivity contribution is 8.16. The van der Waals surface area contributed by atoms with Gasteiger partial charge in [-0.1, -0.05) is 18.2 Å². The van der Waals surface area contributed by atoms with Crippen LogP contribution in [-0.4, -0.2) is 30.0 Å². The third kappa shape index (κ3) is 5.19. The Morgan fingerprint density at radius 3 is 2.39 bits per heavy atom. The number of thioether (sulfide) groups is 2. The second-order valence-electron chi connectivity index (χ2n) is 3.68. The Kier molecular flexibility index (Phi) is 6.98. The summed E-state index contributed by atoms with van der Waals surface area (Å²) in [5.74, 6) is 0.989. The minimum Gasteiger partial charge on any atom is -0.497 e. The van der Waals surface area contributed by atoms with Gasteiger partial charge in [-0.15, -0.1) is 0 Å². The van der Waals surface area contributed by atoms with E-state index in [1.807, 2.05) is 42.9 Å². The van der Waals surface area contributed by atoms with E-state index in [4.69, 9.17) is 4.74 Å². The maximum atomic E-state index is 11.7. The zero-order valence-corrected chi connectivity index (χ0v) is 12.5. The number of methoxy groups -OCH3 is 1. The highest BCUT2D eigenvalue weighted by Crippen LogP contribution is 2.22. The molecule has 2 nitrogen and oxygen atoms in total. The fourth-order valence-electron chi connectivity index (χ4n) is 1.40. The van der Waals surface area contributed by atoms with Crippen molar-refractivity contribution in [3.63, 3.8) is 0 Å². The molecule has 0 atom stereocenters. The molecular weight excluding hydrogens is 264 g/mol. The lowest BCUT2D eigenvalue weighted by molar-refractivity contribution is -0.114. The van der Waals surface area contributed by atoms with E-state index in [2.05, 4.69) is 0 Å². The molecule has 1 aromatic rings. The number of allylic oxidation sites excluding steroid dienone is 1. The van der Waals surface area contributed by atoms with Crippen LogP contribution in [0.2, 0.25) is 0 Å². The Balaban J connectivity index is 2.54. The van der Waals surface area contributed by atoms with Gasteiger partial charge in [-0.05, 0) is 36.3 Å². The fourth-order valence-corrected chi connectivity index (χ4v) is 2.83. The summed E-state index contributed by atoms with van der Waals surface area (Å²) in [5, 5.41) is 0. The molecule has 0 fully saturated rings. The third-order valence-electron chi connectivity index (χ3n) is 2.47. The highest BCUT2D eigenvalue weighted by Gasteiger charge is 2.08. The van der Waals surface area contributed by atoms with Gasteiger partial charge >= 0.3 is 0 Å². The molecule has 0 aliphatic rings. The van der Waals surface area contributed by atoms with Gasteiger partial charge in [-0.3, -0.25) is 4.79 Å². The van der Waals surface area contributed by atoms with E-state index < -0.39 is 0 Å². The zero-order chi connectivity index (χ0) is 13.4. The predicted octanol–water partition coefficient (Wildman–Crippen LogP) is 3.72. The van der Waals surface area contributed by atoms with Gasteiger partial charge in [-0.2, -0.15) is 23.5 Å². The SMILES string of the molecule is COc1ccc(/C=C/C(=O)CC(SC)SC)cc1. The molecule has 98 valence electrons. The van der Waals surface area contributed by atoms with Crippen LogP contribution in [0, 0.1) is 0 Å². The first-order valence-corrected chi connectivity index (χ1v) is 8.17. The summed E-state index contributed by atoms with van der Waals surface area (Å²) in [4.78, 5) is 11.7. The van der Waals surface area contributed by atoms with Gasteiger partial charge in [0.25, 0.3) is 0 Å². The maximum absolute atomic E-state index is 11.7. The first kappa shape index (κ1) is 15.2. The van der Waals surface area contributed by atoms with E-state index in [9.17, 15) is 4.79 Å². The number of rotatable bonds is 7. The first-order valence-electron chi connectivity index (χ1n) is 5.60. The van der Waals surface area contributed by atoms with Crippen LogP contribution in [0.3, 0.4) is 0 Å². The Morgan fingerprint density at radius 1 is 1.28 bits per heavy atom. The van der Waals surface area contributed by atoms with Crippen LogP contribution < -0.4 is 4.74 Å². The molecule has 0 aromatic heterocycles. The summed E-state index contributed by atoms with van der Waals surface area (Å²) in [5.41, 5.74) is 1.01. The van der Waals surface area contributed by atoms with Crippen LogP contribution in [0.4, 0.5) is 0 Å². The van der Waals surface area contributed by atoms with Gasteiger partial charge in [0.2, 0.25) is 0 Å². The first-order chi connectivity index (χ1) is 8.69. The van der Waals surface area contributed by atoms with E-state index in [1.165, 1.54) is 0 Å². The summed E-state index contributed by atoms with van der Waals surface area (Å²) in [7, 11) is 1.64. The molecule has 1 aromatic carbocycles. The number of hydrogen-bond acceptors (Lipinski definition) is 4. The van der Waals surface area contributed by atoms with Crippen molar-refractivity contribution in [3.05, 3.63) is 35.9 Å². The van der Waals surface area contributed by atoms with Crippen LogP contribution in [0.5, 0.6) is 5.75 Å². The second-order valence-corrected chi connectivity index (χ2v) is 6.06. The number of ether oxygens (including phenoxy) is 1. The monoisotopic (exact) mass is 282 g/mol. The van der Waals surface area contributed by atoms with Crippen molar-refractivity contribution in [1.29, 1.82) is 0 Å². The molecule has 0 spiro atoms. The number of carbonyl (C=O) groups is 1. The number of hydrogen-bond donors (Lipinski definition) is 0. The Labute approximate surface area is 117 Å². The largest absolute Gasteiger partial charge is 0.497 e. The van der Waals surface area contributed by atoms with Crippen molar-refractivity contribution in [2.24, 2.45) is 0 Å². The standard InChI is InChI=1S/C14H18O2S2/c1-16-13-8-5-11(6-9-13)4-7-12(15)10-14(17-2)18-3/h4-9,14H,10H2,1-3H3/b7-4+. The summed E-state index contributed by atoms with van der Waals surface area (Å²) < 4.78 is 5.43. The van der Waals surface area contributed by atoms with Gasteiger partial charge in [0, 0.05) is 6.42 Å². The molecule has 18 heavy (non-hydrogen) atoms. The van der Waals surface area contributed by atoms with Crippen molar-refractivity contribution >= 4 is 35.4 Å². The minimum atomic E-state index is 0.166. The minimum absolute atomic E-state index is 0.166. The number of carbonyl (C=O) groups excluding carboxylic acids is 1. The van der Waals surface area contributed by atoms with E-state index >= 15 is 0 Å². The lowest BCUT2D eigenvalue weighted by atomic mass is 10.2. The number of benzene rings is 1. The van der Waals surface area contributed by atoms with Crippen molar-refractivity contribution in [2.45, 2.75) is 11.0 Å². The summed E-state index contributed by atoms with van der Waals surface area (Å²) in [6, 6.07) is 7.64. The summed E-state index contributed by atoms with van der Waals surface area (Å²) in [6.45, 7) is 0. The molecule has 0 N–H and O–H groups in total. The summed E-state index contributed by atoms with van der Waals surface area (Å²) in [6.07, 6.45) is 8.14. The Morgan fingerprint density at radius 2 is 1.89 bits per heavy atom. The smallest absolute Gasteiger partial charge is 0.157 e. The lowest BCUT2D eigenvalue weighted by Crippen LogP contribution is -2.03. The average Bonchev–Trinajstić information content (AvgIpc) is 2.43. The molecule has 0 aliphatic carbocycles. The van der Waals surface area contributed by atoms with Crippen LogP contribution in [0.15, 0.2) is 30.3 Å². The third-order valence-corrected chi connectivity index (χ3v) is 5.01. The molecule has 1 rings (SSSR count). The molecule has 0 bridgehead atoms. The zero-order valence-electron chi connectivity index (χ0n) is 10.9. The van der Waals surface area contributed by atoms with Crippen LogP contribution in [-0.2, 0) is 4.79 Å². The molecule has 0 aliphatic heterocycles. The molecular formula is C14H18O2S2. The van der Waals surface area contributed by atoms with Crippen molar-refractivity contribution in [1.82, 2.24) is 0 Å². The molecule has 0 saturated carbocycles. The second kappa shape index (κ2) is 8.27. The molecule has 0 saturated heterocycles. The Hall–Kier alpha value is -0.870. The van der Waals surface area contributed by atoms with Gasteiger partial charge in [0.05, 0.1) is 11.7 Å². The fraction of sp³-hybridized carbons (Fsp3) is 0.357. The van der Waals surface area contributed by atoms with Crippen molar-refractivity contribution in [3.8, 4) is 5.75 Å². The van der Waals surface area contributed by atoms with Crippen molar-refractivity contribution < 1.29 is 9.53 Å². The van der Waals surface area contributed by atoms with Gasteiger partial charge in [-0.25, -0.2) is 0 Å². The van der Waals surface area contributed by atoms with E-state index in [0.29, 0.717) is 11.0 Å². The number of ketones is 1. The van der Waals surface area contributed by atoms with E-state index in [-0.39, 0.29) is 5.78 Å². The van der Waals surface area contributed by atoms with Crippen molar-refractivity contribution in [2.75, 3.05) is 19.6 Å².